The molecular weight excluding hydrogens is 263 g/mol. The topological polar surface area (TPSA) is 59.0 Å². The maximum Gasteiger partial charge on any atom is 0.180 e. The number of hydrogen-bond acceptors (Lipinski definition) is 3. The highest BCUT2D eigenvalue weighted by Crippen LogP contribution is 2.28. The van der Waals surface area contributed by atoms with Crippen molar-refractivity contribution in [2.24, 2.45) is 5.73 Å². The molecule has 0 amide bonds. The number of nitrogens with zero attached hydrogens (tertiary/aromatic N) is 1. The highest BCUT2D eigenvalue weighted by molar-refractivity contribution is 9.10. The molecule has 1 aromatic rings. The van der Waals surface area contributed by atoms with Gasteiger partial charge in [0.05, 0.1) is 16.6 Å². The zero-order valence-electron chi connectivity index (χ0n) is 7.96. The Morgan fingerprint density at radius 2 is 2.27 bits per heavy atom. The van der Waals surface area contributed by atoms with Gasteiger partial charge in [-0.2, -0.15) is 5.26 Å². The monoisotopic (exact) mass is 272 g/mol. The summed E-state index contributed by atoms with van der Waals surface area (Å²) in [6.07, 6.45) is 0.664. The Morgan fingerprint density at radius 3 is 2.87 bits per heavy atom. The number of nitrogens with two attached hydrogens (primary N) is 1. The highest BCUT2D eigenvalue weighted by Gasteiger charge is 2.11. The maximum absolute atomic E-state index is 13.5. The first-order chi connectivity index (χ1) is 7.20. The minimum atomic E-state index is -0.550. The summed E-state index contributed by atoms with van der Waals surface area (Å²) in [4.78, 5) is 0. The van der Waals surface area contributed by atoms with Crippen molar-refractivity contribution in [3.8, 4) is 11.8 Å². The zero-order chi connectivity index (χ0) is 11.3. The molecule has 3 nitrogen and oxygen atoms in total. The van der Waals surface area contributed by atoms with Gasteiger partial charge in [0.25, 0.3) is 0 Å². The second kappa shape index (κ2) is 5.69. The van der Waals surface area contributed by atoms with Crippen LogP contribution in [-0.2, 0) is 0 Å². The molecule has 15 heavy (non-hydrogen) atoms. The lowest BCUT2D eigenvalue weighted by molar-refractivity contribution is 0.297. The Morgan fingerprint density at radius 1 is 1.53 bits per heavy atom. The van der Waals surface area contributed by atoms with Crippen molar-refractivity contribution in [2.75, 3.05) is 13.2 Å². The van der Waals surface area contributed by atoms with Crippen LogP contribution in [-0.4, -0.2) is 13.2 Å². The Hall–Kier alpha value is -1.12. The molecule has 5 heteroatoms. The molecule has 0 saturated carbocycles. The standard InChI is InChI=1S/C10H10BrFN2O/c11-9-7(6-14)2-3-8(10(9)12)15-5-1-4-13/h2-3H,1,4-5,13H2. The van der Waals surface area contributed by atoms with Gasteiger partial charge in [0.1, 0.15) is 6.07 Å². The number of rotatable bonds is 4. The van der Waals surface area contributed by atoms with Gasteiger partial charge in [-0.15, -0.1) is 0 Å². The van der Waals surface area contributed by atoms with Gasteiger partial charge in [0.15, 0.2) is 11.6 Å². The van der Waals surface area contributed by atoms with Crippen LogP contribution >= 0.6 is 15.9 Å². The van der Waals surface area contributed by atoms with E-state index in [9.17, 15) is 4.39 Å². The van der Waals surface area contributed by atoms with Crippen LogP contribution in [0.1, 0.15) is 12.0 Å². The number of benzene rings is 1. The van der Waals surface area contributed by atoms with E-state index >= 15 is 0 Å². The Bertz CT molecular complexity index is 390. The summed E-state index contributed by atoms with van der Waals surface area (Å²) < 4.78 is 18.8. The summed E-state index contributed by atoms with van der Waals surface area (Å²) >= 11 is 3.00. The number of ether oxygens (including phenoxy) is 1. The van der Waals surface area contributed by atoms with E-state index in [0.717, 1.165) is 0 Å². The SMILES string of the molecule is N#Cc1ccc(OCCCN)c(F)c1Br. The van der Waals surface area contributed by atoms with Crippen LogP contribution in [0.2, 0.25) is 0 Å². The highest BCUT2D eigenvalue weighted by atomic mass is 79.9. The molecule has 1 aromatic carbocycles. The third kappa shape index (κ3) is 2.91. The zero-order valence-corrected chi connectivity index (χ0v) is 9.55. The van der Waals surface area contributed by atoms with E-state index in [0.29, 0.717) is 19.6 Å². The molecule has 0 unspecified atom stereocenters. The molecule has 0 saturated heterocycles. The molecule has 80 valence electrons. The molecule has 0 bridgehead atoms. The third-order valence-electron chi connectivity index (χ3n) is 1.77. The summed E-state index contributed by atoms with van der Waals surface area (Å²) in [7, 11) is 0. The molecule has 2 N–H and O–H groups in total. The van der Waals surface area contributed by atoms with Crippen LogP contribution in [0.15, 0.2) is 16.6 Å². The van der Waals surface area contributed by atoms with Crippen LogP contribution in [0.3, 0.4) is 0 Å². The maximum atomic E-state index is 13.5. The predicted octanol–water partition coefficient (Wildman–Crippen LogP) is 2.19. The van der Waals surface area contributed by atoms with Crippen molar-refractivity contribution in [3.63, 3.8) is 0 Å². The average molecular weight is 273 g/mol. The van der Waals surface area contributed by atoms with Crippen molar-refractivity contribution in [2.45, 2.75) is 6.42 Å². The first-order valence-electron chi connectivity index (χ1n) is 4.41. The fraction of sp³-hybridized carbons (Fsp3) is 0.300. The molecule has 0 atom stereocenters. The fourth-order valence-electron chi connectivity index (χ4n) is 0.995. The van der Waals surface area contributed by atoms with E-state index in [-0.39, 0.29) is 15.8 Å². The molecule has 0 aliphatic rings. The van der Waals surface area contributed by atoms with Crippen molar-refractivity contribution < 1.29 is 9.13 Å². The molecule has 0 aromatic heterocycles. The van der Waals surface area contributed by atoms with E-state index in [2.05, 4.69) is 15.9 Å². The Kier molecular flexibility index (Phi) is 4.53. The Balaban J connectivity index is 2.83. The van der Waals surface area contributed by atoms with Gasteiger partial charge in [-0.25, -0.2) is 4.39 Å². The summed E-state index contributed by atoms with van der Waals surface area (Å²) in [5.74, 6) is -0.416. The van der Waals surface area contributed by atoms with Crippen LogP contribution in [0.25, 0.3) is 0 Å². The summed E-state index contributed by atoms with van der Waals surface area (Å²) in [5, 5.41) is 8.64. The van der Waals surface area contributed by atoms with Crippen LogP contribution < -0.4 is 10.5 Å². The predicted molar refractivity (Wildman–Crippen MR) is 58.0 cm³/mol. The van der Waals surface area contributed by atoms with Crippen LogP contribution in [0.4, 0.5) is 4.39 Å². The number of nitriles is 1. The molecule has 0 aliphatic carbocycles. The molecule has 0 spiro atoms. The summed E-state index contributed by atoms with van der Waals surface area (Å²) in [5.41, 5.74) is 5.53. The third-order valence-corrected chi connectivity index (χ3v) is 2.55. The minimum Gasteiger partial charge on any atom is -0.490 e. The lowest BCUT2D eigenvalue weighted by atomic mass is 10.2. The van der Waals surface area contributed by atoms with E-state index in [1.807, 2.05) is 6.07 Å². The molecule has 1 rings (SSSR count). The van der Waals surface area contributed by atoms with Gasteiger partial charge in [-0.3, -0.25) is 0 Å². The van der Waals surface area contributed by atoms with Crippen molar-refractivity contribution in [1.29, 1.82) is 5.26 Å². The van der Waals surface area contributed by atoms with Gasteiger partial charge in [0, 0.05) is 0 Å². The number of halogens is 2. The van der Waals surface area contributed by atoms with E-state index in [1.165, 1.54) is 12.1 Å². The molecule has 0 fully saturated rings. The molecular formula is C10H10BrFN2O. The summed E-state index contributed by atoms with van der Waals surface area (Å²) in [6.45, 7) is 0.866. The second-order valence-corrected chi connectivity index (χ2v) is 3.63. The van der Waals surface area contributed by atoms with Crippen molar-refractivity contribution in [1.82, 2.24) is 0 Å². The smallest absolute Gasteiger partial charge is 0.180 e. The Labute approximate surface area is 95.8 Å². The largest absolute Gasteiger partial charge is 0.490 e. The van der Waals surface area contributed by atoms with E-state index < -0.39 is 5.82 Å². The van der Waals surface area contributed by atoms with E-state index in [1.54, 1.807) is 0 Å². The van der Waals surface area contributed by atoms with Gasteiger partial charge < -0.3 is 10.5 Å². The van der Waals surface area contributed by atoms with Crippen LogP contribution in [0, 0.1) is 17.1 Å². The van der Waals surface area contributed by atoms with Crippen molar-refractivity contribution in [3.05, 3.63) is 28.0 Å². The normalized spacial score (nSPS) is 9.73. The second-order valence-electron chi connectivity index (χ2n) is 2.84. The van der Waals surface area contributed by atoms with Crippen molar-refractivity contribution >= 4 is 15.9 Å². The number of hydrogen-bond donors (Lipinski definition) is 1. The van der Waals surface area contributed by atoms with Crippen LogP contribution in [0.5, 0.6) is 5.75 Å². The quantitative estimate of drug-likeness (QED) is 0.855. The van der Waals surface area contributed by atoms with Gasteiger partial charge in [-0.05, 0) is 41.0 Å². The average Bonchev–Trinajstić information content (AvgIpc) is 2.25. The fourth-order valence-corrected chi connectivity index (χ4v) is 1.41. The molecule has 0 aliphatic heterocycles. The molecule has 0 radical (unpaired) electrons. The van der Waals surface area contributed by atoms with Gasteiger partial charge in [-0.1, -0.05) is 0 Å². The first kappa shape index (κ1) is 12.0. The summed E-state index contributed by atoms with van der Waals surface area (Å²) in [6, 6.07) is 4.81. The lowest BCUT2D eigenvalue weighted by Crippen LogP contribution is -2.07. The van der Waals surface area contributed by atoms with Gasteiger partial charge in [0.2, 0.25) is 0 Å². The minimum absolute atomic E-state index is 0.134. The lowest BCUT2D eigenvalue weighted by Gasteiger charge is -2.07. The van der Waals surface area contributed by atoms with Gasteiger partial charge >= 0.3 is 0 Å². The molecule has 0 heterocycles. The first-order valence-corrected chi connectivity index (χ1v) is 5.21. The van der Waals surface area contributed by atoms with E-state index in [4.69, 9.17) is 15.7 Å².